The largest absolute Gasteiger partial charge is 0.496 e. The Labute approximate surface area is 113 Å². The number of nitrogens with two attached hydrogens (primary N) is 1. The molecule has 1 aliphatic heterocycles. The lowest BCUT2D eigenvalue weighted by molar-refractivity contribution is 0.0947. The van der Waals surface area contributed by atoms with Crippen molar-refractivity contribution in [3.05, 3.63) is 23.8 Å². The van der Waals surface area contributed by atoms with Gasteiger partial charge in [-0.1, -0.05) is 0 Å². The summed E-state index contributed by atoms with van der Waals surface area (Å²) in [6.45, 7) is 2.28. The number of benzene rings is 1. The Morgan fingerprint density at radius 3 is 3.11 bits per heavy atom. The van der Waals surface area contributed by atoms with Gasteiger partial charge in [0, 0.05) is 25.4 Å². The summed E-state index contributed by atoms with van der Waals surface area (Å²) in [7, 11) is 1.54. The van der Waals surface area contributed by atoms with E-state index in [4.69, 9.17) is 15.2 Å². The molecule has 1 saturated heterocycles. The number of carbonyl (C=O) groups is 1. The predicted molar refractivity (Wildman–Crippen MR) is 73.3 cm³/mol. The fourth-order valence-corrected chi connectivity index (χ4v) is 2.20. The van der Waals surface area contributed by atoms with E-state index in [2.05, 4.69) is 5.32 Å². The molecule has 1 aromatic carbocycles. The zero-order chi connectivity index (χ0) is 13.7. The molecule has 0 saturated carbocycles. The maximum absolute atomic E-state index is 12.1. The van der Waals surface area contributed by atoms with Gasteiger partial charge in [0.25, 0.3) is 5.91 Å². The van der Waals surface area contributed by atoms with E-state index >= 15 is 0 Å². The average Bonchev–Trinajstić information content (AvgIpc) is 2.91. The highest BCUT2D eigenvalue weighted by molar-refractivity contribution is 5.97. The smallest absolute Gasteiger partial charge is 0.255 e. The van der Waals surface area contributed by atoms with Gasteiger partial charge in [0.1, 0.15) is 5.75 Å². The minimum atomic E-state index is -0.150. The van der Waals surface area contributed by atoms with Crippen molar-refractivity contribution in [1.29, 1.82) is 0 Å². The molecule has 1 heterocycles. The highest BCUT2D eigenvalue weighted by atomic mass is 16.5. The molecule has 1 aromatic rings. The summed E-state index contributed by atoms with van der Waals surface area (Å²) in [4.78, 5) is 12.1. The molecule has 2 rings (SSSR count). The third kappa shape index (κ3) is 3.61. The van der Waals surface area contributed by atoms with Crippen LogP contribution in [0.4, 0.5) is 5.69 Å². The molecule has 5 heteroatoms. The Bertz CT molecular complexity index is 442. The molecule has 0 spiro atoms. The first-order chi connectivity index (χ1) is 9.20. The van der Waals surface area contributed by atoms with E-state index in [0.29, 0.717) is 29.5 Å². The van der Waals surface area contributed by atoms with Gasteiger partial charge in [-0.3, -0.25) is 4.79 Å². The Morgan fingerprint density at radius 2 is 2.42 bits per heavy atom. The molecule has 0 aliphatic carbocycles. The van der Waals surface area contributed by atoms with Gasteiger partial charge in [0.15, 0.2) is 0 Å². The van der Waals surface area contributed by atoms with Crippen molar-refractivity contribution in [2.45, 2.75) is 12.8 Å². The van der Waals surface area contributed by atoms with E-state index in [1.54, 1.807) is 18.2 Å². The lowest BCUT2D eigenvalue weighted by atomic mass is 10.1. The summed E-state index contributed by atoms with van der Waals surface area (Å²) in [5.41, 5.74) is 6.72. The Balaban J connectivity index is 1.89. The summed E-state index contributed by atoms with van der Waals surface area (Å²) in [6, 6.07) is 5.05. The molecule has 1 amide bonds. The number of nitrogen functional groups attached to an aromatic ring is 1. The van der Waals surface area contributed by atoms with Crippen LogP contribution in [-0.4, -0.2) is 32.8 Å². The Hall–Kier alpha value is -1.75. The first-order valence-electron chi connectivity index (χ1n) is 6.50. The Kier molecular flexibility index (Phi) is 4.63. The van der Waals surface area contributed by atoms with E-state index in [9.17, 15) is 4.79 Å². The number of rotatable bonds is 5. The number of carbonyl (C=O) groups excluding carboxylic acids is 1. The normalized spacial score (nSPS) is 18.3. The van der Waals surface area contributed by atoms with Crippen molar-refractivity contribution in [3.63, 3.8) is 0 Å². The summed E-state index contributed by atoms with van der Waals surface area (Å²) in [5.74, 6) is 0.946. The molecule has 1 fully saturated rings. The lowest BCUT2D eigenvalue weighted by Crippen LogP contribution is -2.26. The van der Waals surface area contributed by atoms with Gasteiger partial charge in [-0.15, -0.1) is 0 Å². The molecule has 0 aromatic heterocycles. The highest BCUT2D eigenvalue weighted by Crippen LogP contribution is 2.21. The first kappa shape index (κ1) is 13.7. The van der Waals surface area contributed by atoms with Gasteiger partial charge in [0.05, 0.1) is 12.7 Å². The summed E-state index contributed by atoms with van der Waals surface area (Å²) >= 11 is 0. The molecule has 3 N–H and O–H groups in total. The van der Waals surface area contributed by atoms with Crippen molar-refractivity contribution in [2.24, 2.45) is 5.92 Å². The minimum Gasteiger partial charge on any atom is -0.496 e. The van der Waals surface area contributed by atoms with Gasteiger partial charge < -0.3 is 20.5 Å². The molecule has 5 nitrogen and oxygen atoms in total. The fraction of sp³-hybridized carbons (Fsp3) is 0.500. The molecule has 0 bridgehead atoms. The number of ether oxygens (including phenoxy) is 2. The van der Waals surface area contributed by atoms with Crippen LogP contribution < -0.4 is 15.8 Å². The van der Waals surface area contributed by atoms with Crippen LogP contribution in [-0.2, 0) is 4.74 Å². The van der Waals surface area contributed by atoms with Gasteiger partial charge >= 0.3 is 0 Å². The van der Waals surface area contributed by atoms with Crippen molar-refractivity contribution < 1.29 is 14.3 Å². The number of hydrogen-bond donors (Lipinski definition) is 2. The molecular weight excluding hydrogens is 244 g/mol. The van der Waals surface area contributed by atoms with Crippen molar-refractivity contribution in [3.8, 4) is 5.75 Å². The van der Waals surface area contributed by atoms with E-state index in [1.807, 2.05) is 0 Å². The van der Waals surface area contributed by atoms with Crippen molar-refractivity contribution in [2.75, 3.05) is 32.6 Å². The second-order valence-corrected chi connectivity index (χ2v) is 4.73. The first-order valence-corrected chi connectivity index (χ1v) is 6.50. The molecule has 0 radical (unpaired) electrons. The number of hydrogen-bond acceptors (Lipinski definition) is 4. The second kappa shape index (κ2) is 6.43. The Morgan fingerprint density at radius 1 is 1.58 bits per heavy atom. The van der Waals surface area contributed by atoms with Crippen molar-refractivity contribution >= 4 is 11.6 Å². The summed E-state index contributed by atoms with van der Waals surface area (Å²) in [6.07, 6.45) is 2.02. The van der Waals surface area contributed by atoms with Crippen LogP contribution in [0, 0.1) is 5.92 Å². The third-order valence-electron chi connectivity index (χ3n) is 3.33. The number of nitrogens with one attached hydrogen (secondary N) is 1. The monoisotopic (exact) mass is 264 g/mol. The SMILES string of the molecule is COc1ccc(N)cc1C(=O)NCCC1CCOC1. The molecule has 1 unspecified atom stereocenters. The predicted octanol–water partition coefficient (Wildman–Crippen LogP) is 1.43. The summed E-state index contributed by atoms with van der Waals surface area (Å²) < 4.78 is 10.5. The topological polar surface area (TPSA) is 73.6 Å². The van der Waals surface area contributed by atoms with Crippen LogP contribution in [0.1, 0.15) is 23.2 Å². The van der Waals surface area contributed by atoms with Crippen LogP contribution in [0.2, 0.25) is 0 Å². The molecule has 19 heavy (non-hydrogen) atoms. The number of methoxy groups -OCH3 is 1. The van der Waals surface area contributed by atoms with Gasteiger partial charge in [-0.25, -0.2) is 0 Å². The standard InChI is InChI=1S/C14H20N2O3/c1-18-13-3-2-11(15)8-12(13)14(17)16-6-4-10-5-7-19-9-10/h2-3,8,10H,4-7,9,15H2,1H3,(H,16,17). The van der Waals surface area contributed by atoms with Crippen LogP contribution in [0.3, 0.4) is 0 Å². The zero-order valence-electron chi connectivity index (χ0n) is 11.1. The van der Waals surface area contributed by atoms with Gasteiger partial charge in [-0.05, 0) is 37.0 Å². The number of anilines is 1. The lowest BCUT2D eigenvalue weighted by Gasteiger charge is -2.11. The third-order valence-corrected chi connectivity index (χ3v) is 3.33. The minimum absolute atomic E-state index is 0.150. The summed E-state index contributed by atoms with van der Waals surface area (Å²) in [5, 5.41) is 2.90. The van der Waals surface area contributed by atoms with E-state index in [0.717, 1.165) is 26.1 Å². The van der Waals surface area contributed by atoms with E-state index in [1.165, 1.54) is 7.11 Å². The van der Waals surface area contributed by atoms with Crippen LogP contribution >= 0.6 is 0 Å². The van der Waals surface area contributed by atoms with Crippen LogP contribution in [0.25, 0.3) is 0 Å². The average molecular weight is 264 g/mol. The maximum atomic E-state index is 12.1. The van der Waals surface area contributed by atoms with Crippen molar-refractivity contribution in [1.82, 2.24) is 5.32 Å². The quantitative estimate of drug-likeness (QED) is 0.789. The van der Waals surface area contributed by atoms with E-state index < -0.39 is 0 Å². The van der Waals surface area contributed by atoms with Gasteiger partial charge in [-0.2, -0.15) is 0 Å². The highest BCUT2D eigenvalue weighted by Gasteiger charge is 2.16. The molecule has 1 aliphatic rings. The molecule has 104 valence electrons. The molecule has 1 atom stereocenters. The maximum Gasteiger partial charge on any atom is 0.255 e. The van der Waals surface area contributed by atoms with Crippen LogP contribution in [0.15, 0.2) is 18.2 Å². The zero-order valence-corrected chi connectivity index (χ0v) is 11.1. The molecular formula is C14H20N2O3. The fourth-order valence-electron chi connectivity index (χ4n) is 2.20. The van der Waals surface area contributed by atoms with Crippen LogP contribution in [0.5, 0.6) is 5.75 Å². The van der Waals surface area contributed by atoms with E-state index in [-0.39, 0.29) is 5.91 Å². The van der Waals surface area contributed by atoms with Gasteiger partial charge in [0.2, 0.25) is 0 Å². The number of amides is 1. The second-order valence-electron chi connectivity index (χ2n) is 4.73.